The molecule has 0 aliphatic rings. The highest BCUT2D eigenvalue weighted by molar-refractivity contribution is 6.33. The number of carbonyl (C=O) groups is 2. The molecule has 1 aromatic heterocycles. The summed E-state index contributed by atoms with van der Waals surface area (Å²) in [4.78, 5) is 26.7. The highest BCUT2D eigenvalue weighted by Gasteiger charge is 2.10. The normalized spacial score (nSPS) is 9.94. The van der Waals surface area contributed by atoms with Gasteiger partial charge in [-0.05, 0) is 18.6 Å². The number of carbonyl (C=O) groups excluding carboxylic acids is 2. The van der Waals surface area contributed by atoms with Gasteiger partial charge in [0.1, 0.15) is 10.3 Å². The molecule has 2 N–H and O–H groups in total. The van der Waals surface area contributed by atoms with Crippen molar-refractivity contribution < 1.29 is 9.59 Å². The average molecular weight is 290 g/mol. The van der Waals surface area contributed by atoms with Gasteiger partial charge in [0.2, 0.25) is 5.91 Å². The SMILES string of the molecule is CCCNC(=O)CNC(=O)c1cc(Cl)nc(Cl)c1. The van der Waals surface area contributed by atoms with E-state index in [9.17, 15) is 9.59 Å². The monoisotopic (exact) mass is 289 g/mol. The first-order valence-electron chi connectivity index (χ1n) is 5.41. The van der Waals surface area contributed by atoms with Crippen LogP contribution < -0.4 is 10.6 Å². The van der Waals surface area contributed by atoms with Crippen LogP contribution in [-0.2, 0) is 4.79 Å². The van der Waals surface area contributed by atoms with Gasteiger partial charge >= 0.3 is 0 Å². The van der Waals surface area contributed by atoms with Gasteiger partial charge in [0.05, 0.1) is 6.54 Å². The van der Waals surface area contributed by atoms with Crippen LogP contribution in [0.25, 0.3) is 0 Å². The Hall–Kier alpha value is -1.33. The molecule has 7 heteroatoms. The van der Waals surface area contributed by atoms with Gasteiger partial charge in [0.25, 0.3) is 5.91 Å². The van der Waals surface area contributed by atoms with Gasteiger partial charge in [-0.25, -0.2) is 4.98 Å². The van der Waals surface area contributed by atoms with Crippen LogP contribution in [0.4, 0.5) is 0 Å². The van der Waals surface area contributed by atoms with Crippen LogP contribution in [0.2, 0.25) is 10.3 Å². The Morgan fingerprint density at radius 1 is 1.22 bits per heavy atom. The zero-order valence-electron chi connectivity index (χ0n) is 9.80. The lowest BCUT2D eigenvalue weighted by atomic mass is 10.2. The lowest BCUT2D eigenvalue weighted by molar-refractivity contribution is -0.120. The third kappa shape index (κ3) is 4.89. The topological polar surface area (TPSA) is 71.1 Å². The van der Waals surface area contributed by atoms with Crippen LogP contribution in [0.15, 0.2) is 12.1 Å². The molecule has 0 radical (unpaired) electrons. The van der Waals surface area contributed by atoms with Crippen LogP contribution >= 0.6 is 23.2 Å². The molecule has 0 bridgehead atoms. The molecule has 18 heavy (non-hydrogen) atoms. The Labute approximate surface area is 115 Å². The van der Waals surface area contributed by atoms with E-state index in [1.165, 1.54) is 12.1 Å². The van der Waals surface area contributed by atoms with Crippen LogP contribution in [0, 0.1) is 0 Å². The van der Waals surface area contributed by atoms with E-state index in [2.05, 4.69) is 15.6 Å². The van der Waals surface area contributed by atoms with E-state index in [4.69, 9.17) is 23.2 Å². The van der Waals surface area contributed by atoms with Gasteiger partial charge in [-0.2, -0.15) is 0 Å². The molecule has 0 atom stereocenters. The van der Waals surface area contributed by atoms with Crippen molar-refractivity contribution in [1.29, 1.82) is 0 Å². The largest absolute Gasteiger partial charge is 0.355 e. The van der Waals surface area contributed by atoms with Crippen LogP contribution in [0.1, 0.15) is 23.7 Å². The standard InChI is InChI=1S/C11H13Cl2N3O2/c1-2-3-14-10(17)6-15-11(18)7-4-8(12)16-9(13)5-7/h4-5H,2-3,6H2,1H3,(H,14,17)(H,15,18). The van der Waals surface area contributed by atoms with Crippen molar-refractivity contribution in [3.63, 3.8) is 0 Å². The second-order valence-electron chi connectivity index (χ2n) is 3.53. The Balaban J connectivity index is 2.52. The predicted octanol–water partition coefficient (Wildman–Crippen LogP) is 1.64. The first kappa shape index (κ1) is 14.7. The maximum absolute atomic E-state index is 11.7. The van der Waals surface area contributed by atoms with E-state index >= 15 is 0 Å². The van der Waals surface area contributed by atoms with E-state index in [1.807, 2.05) is 6.92 Å². The molecule has 0 saturated carbocycles. The minimum absolute atomic E-state index is 0.0869. The Kier molecular flexibility index (Phi) is 5.88. The molecule has 0 aliphatic heterocycles. The fraction of sp³-hybridized carbons (Fsp3) is 0.364. The van der Waals surface area contributed by atoms with E-state index < -0.39 is 5.91 Å². The van der Waals surface area contributed by atoms with Crippen molar-refractivity contribution in [1.82, 2.24) is 15.6 Å². The molecule has 0 unspecified atom stereocenters. The van der Waals surface area contributed by atoms with Crippen molar-refractivity contribution in [3.8, 4) is 0 Å². The van der Waals surface area contributed by atoms with Crippen LogP contribution in [0.3, 0.4) is 0 Å². The molecule has 1 rings (SSSR count). The zero-order chi connectivity index (χ0) is 13.5. The average Bonchev–Trinajstić information content (AvgIpc) is 2.32. The number of rotatable bonds is 5. The predicted molar refractivity (Wildman–Crippen MR) is 69.9 cm³/mol. The van der Waals surface area contributed by atoms with Crippen LogP contribution in [0.5, 0.6) is 0 Å². The summed E-state index contributed by atoms with van der Waals surface area (Å²) in [5.41, 5.74) is 0.267. The second-order valence-corrected chi connectivity index (χ2v) is 4.31. The minimum Gasteiger partial charge on any atom is -0.355 e. The molecule has 0 spiro atoms. The van der Waals surface area contributed by atoms with Crippen molar-refractivity contribution in [3.05, 3.63) is 28.0 Å². The molecule has 98 valence electrons. The summed E-state index contributed by atoms with van der Waals surface area (Å²) >= 11 is 11.3. The zero-order valence-corrected chi connectivity index (χ0v) is 11.3. The first-order chi connectivity index (χ1) is 8.52. The van der Waals surface area contributed by atoms with Crippen molar-refractivity contribution >= 4 is 35.0 Å². The lowest BCUT2D eigenvalue weighted by Crippen LogP contribution is -2.37. The number of amides is 2. The fourth-order valence-electron chi connectivity index (χ4n) is 1.19. The van der Waals surface area contributed by atoms with Gasteiger partial charge in [0.15, 0.2) is 0 Å². The molecule has 1 aromatic rings. The molecular weight excluding hydrogens is 277 g/mol. The molecule has 0 fully saturated rings. The number of nitrogens with zero attached hydrogens (tertiary/aromatic N) is 1. The fourth-order valence-corrected chi connectivity index (χ4v) is 1.65. The molecular formula is C11H13Cl2N3O2. The molecule has 2 amide bonds. The summed E-state index contributed by atoms with van der Waals surface area (Å²) < 4.78 is 0. The number of hydrogen-bond donors (Lipinski definition) is 2. The maximum atomic E-state index is 11.7. The summed E-state index contributed by atoms with van der Waals surface area (Å²) in [6.45, 7) is 2.44. The van der Waals surface area contributed by atoms with Crippen molar-refractivity contribution in [2.45, 2.75) is 13.3 Å². The first-order valence-corrected chi connectivity index (χ1v) is 6.16. The summed E-state index contributed by atoms with van der Waals surface area (Å²) in [6.07, 6.45) is 0.843. The Bertz CT molecular complexity index is 432. The van der Waals surface area contributed by atoms with Crippen molar-refractivity contribution in [2.75, 3.05) is 13.1 Å². The summed E-state index contributed by atoms with van der Waals surface area (Å²) in [5.74, 6) is -0.663. The van der Waals surface area contributed by atoms with E-state index in [1.54, 1.807) is 0 Å². The maximum Gasteiger partial charge on any atom is 0.251 e. The van der Waals surface area contributed by atoms with Crippen LogP contribution in [-0.4, -0.2) is 29.9 Å². The highest BCUT2D eigenvalue weighted by atomic mass is 35.5. The number of hydrogen-bond acceptors (Lipinski definition) is 3. The Morgan fingerprint density at radius 3 is 2.39 bits per heavy atom. The van der Waals surface area contributed by atoms with Gasteiger partial charge < -0.3 is 10.6 Å². The third-order valence-electron chi connectivity index (χ3n) is 2.01. The highest BCUT2D eigenvalue weighted by Crippen LogP contribution is 2.14. The number of pyridine rings is 1. The smallest absolute Gasteiger partial charge is 0.251 e. The van der Waals surface area contributed by atoms with E-state index in [0.29, 0.717) is 6.54 Å². The quantitative estimate of drug-likeness (QED) is 0.810. The number of aromatic nitrogens is 1. The van der Waals surface area contributed by atoms with E-state index in [0.717, 1.165) is 6.42 Å². The van der Waals surface area contributed by atoms with Crippen molar-refractivity contribution in [2.24, 2.45) is 0 Å². The number of nitrogens with one attached hydrogen (secondary N) is 2. The van der Waals surface area contributed by atoms with Gasteiger partial charge in [-0.15, -0.1) is 0 Å². The third-order valence-corrected chi connectivity index (χ3v) is 2.39. The lowest BCUT2D eigenvalue weighted by Gasteiger charge is -2.06. The summed E-state index contributed by atoms with van der Waals surface area (Å²) in [6, 6.07) is 2.76. The van der Waals surface area contributed by atoms with Gasteiger partial charge in [-0.1, -0.05) is 30.1 Å². The second kappa shape index (κ2) is 7.18. The molecule has 5 nitrogen and oxygen atoms in total. The minimum atomic E-state index is -0.423. The number of halogens is 2. The van der Waals surface area contributed by atoms with E-state index in [-0.39, 0.29) is 28.3 Å². The molecule has 0 aliphatic carbocycles. The molecule has 0 saturated heterocycles. The Morgan fingerprint density at radius 2 is 1.83 bits per heavy atom. The summed E-state index contributed by atoms with van der Waals surface area (Å²) in [5, 5.41) is 5.37. The summed E-state index contributed by atoms with van der Waals surface area (Å²) in [7, 11) is 0. The molecule has 0 aromatic carbocycles. The van der Waals surface area contributed by atoms with Gasteiger partial charge in [0, 0.05) is 12.1 Å². The molecule has 1 heterocycles. The van der Waals surface area contributed by atoms with Gasteiger partial charge in [-0.3, -0.25) is 9.59 Å².